The molecule has 2 N–H and O–H groups in total. The van der Waals surface area contributed by atoms with Crippen LogP contribution in [0.25, 0.3) is 0 Å². The van der Waals surface area contributed by atoms with E-state index in [2.05, 4.69) is 29.2 Å². The number of aliphatic hydroxyl groups is 2. The number of hydrogen-bond donors (Lipinski definition) is 2. The summed E-state index contributed by atoms with van der Waals surface area (Å²) < 4.78 is 43.1. The third-order valence-electron chi connectivity index (χ3n) is 11.6. The molecule has 23 nitrogen and oxygen atoms in total. The van der Waals surface area contributed by atoms with Gasteiger partial charge in [-0.25, -0.2) is 9.59 Å². The number of ketones is 1. The van der Waals surface area contributed by atoms with Gasteiger partial charge in [-0.3, -0.25) is 33.6 Å². The quantitative estimate of drug-likeness (QED) is 0.0205. The first-order valence-corrected chi connectivity index (χ1v) is 27.1. The lowest BCUT2D eigenvalue weighted by Gasteiger charge is -2.22. The Morgan fingerprint density at radius 3 is 1.15 bits per heavy atom. The van der Waals surface area contributed by atoms with Crippen molar-refractivity contribution >= 4 is 53.5 Å². The van der Waals surface area contributed by atoms with E-state index >= 15 is 0 Å². The molecule has 0 saturated carbocycles. The first kappa shape index (κ1) is 86.3. The Balaban J connectivity index is -0.000000212. The Bertz CT molecular complexity index is 2030. The van der Waals surface area contributed by atoms with Crippen molar-refractivity contribution < 1.29 is 96.0 Å². The Hall–Kier alpha value is -7.00. The van der Waals surface area contributed by atoms with Crippen molar-refractivity contribution in [1.29, 1.82) is 15.8 Å². The topological polar surface area (TPSA) is 349 Å². The highest BCUT2D eigenvalue weighted by Gasteiger charge is 2.32. The van der Waals surface area contributed by atoms with Crippen LogP contribution in [-0.2, 0) is 85.8 Å². The molecule has 0 bridgehead atoms. The van der Waals surface area contributed by atoms with Crippen molar-refractivity contribution in [3.05, 3.63) is 37.5 Å². The van der Waals surface area contributed by atoms with E-state index in [0.717, 1.165) is 31.4 Å². The molecule has 0 aliphatic rings. The van der Waals surface area contributed by atoms with E-state index in [0.29, 0.717) is 24.8 Å². The zero-order chi connectivity index (χ0) is 64.9. The zero-order valence-electron chi connectivity index (χ0n) is 51.6. The Kier molecular flexibility index (Phi) is 56.1. The van der Waals surface area contributed by atoms with Crippen LogP contribution in [0.3, 0.4) is 0 Å². The summed E-state index contributed by atoms with van der Waals surface area (Å²) in [4.78, 5) is 99.5. The highest BCUT2D eigenvalue weighted by atomic mass is 16.6. The molecule has 0 radical (unpaired) electrons. The van der Waals surface area contributed by atoms with Crippen LogP contribution in [0.15, 0.2) is 37.5 Å². The summed E-state index contributed by atoms with van der Waals surface area (Å²) in [6.07, 6.45) is 5.76. The fourth-order valence-electron chi connectivity index (χ4n) is 3.85. The maximum absolute atomic E-state index is 11.4. The van der Waals surface area contributed by atoms with Gasteiger partial charge in [0.25, 0.3) is 0 Å². The minimum Gasteiger partial charge on any atom is -0.464 e. The van der Waals surface area contributed by atoms with Crippen LogP contribution < -0.4 is 0 Å². The maximum Gasteiger partial charge on any atom is 0.330 e. The van der Waals surface area contributed by atoms with Crippen molar-refractivity contribution in [3.8, 4) is 18.2 Å². The number of esters is 8. The molecule has 0 aromatic heterocycles. The maximum atomic E-state index is 11.4. The Morgan fingerprint density at radius 2 is 0.829 bits per heavy atom. The number of carbonyl (C=O) groups excluding carboxylic acids is 9. The Morgan fingerprint density at radius 1 is 0.512 bits per heavy atom. The van der Waals surface area contributed by atoms with Gasteiger partial charge in [-0.2, -0.15) is 15.8 Å². The molecule has 0 saturated heterocycles. The molecular formula is C59H97N3O20. The van der Waals surface area contributed by atoms with E-state index in [1.807, 2.05) is 94.4 Å². The van der Waals surface area contributed by atoms with Gasteiger partial charge in [-0.1, -0.05) is 82.1 Å². The molecule has 0 amide bonds. The van der Waals surface area contributed by atoms with E-state index in [1.165, 1.54) is 0 Å². The van der Waals surface area contributed by atoms with Gasteiger partial charge in [-0.15, -0.1) is 0 Å². The van der Waals surface area contributed by atoms with Gasteiger partial charge in [0.1, 0.15) is 59.5 Å². The summed E-state index contributed by atoms with van der Waals surface area (Å²) in [5, 5.41) is 42.8. The summed E-state index contributed by atoms with van der Waals surface area (Å²) in [6.45, 7) is 37.2. The van der Waals surface area contributed by atoms with Gasteiger partial charge >= 0.3 is 47.8 Å². The molecule has 0 spiro atoms. The molecule has 5 unspecified atom stereocenters. The molecular weight excluding hydrogens is 1070 g/mol. The van der Waals surface area contributed by atoms with Crippen LogP contribution in [0.1, 0.15) is 162 Å². The van der Waals surface area contributed by atoms with E-state index < -0.39 is 40.4 Å². The van der Waals surface area contributed by atoms with Crippen LogP contribution in [0.2, 0.25) is 0 Å². The van der Waals surface area contributed by atoms with Crippen LogP contribution in [-0.4, -0.2) is 136 Å². The predicted molar refractivity (Wildman–Crippen MR) is 303 cm³/mol. The van der Waals surface area contributed by atoms with Crippen molar-refractivity contribution in [2.45, 2.75) is 168 Å². The van der Waals surface area contributed by atoms with Gasteiger partial charge in [0, 0.05) is 12.2 Å². The Labute approximate surface area is 487 Å². The van der Waals surface area contributed by atoms with Crippen LogP contribution in [0, 0.1) is 68.0 Å². The summed E-state index contributed by atoms with van der Waals surface area (Å²) in [5.74, 6) is -3.47. The van der Waals surface area contributed by atoms with E-state index in [-0.39, 0.29) is 139 Å². The molecule has 468 valence electrons. The number of hydrogen-bond acceptors (Lipinski definition) is 23. The highest BCUT2D eigenvalue weighted by molar-refractivity contribution is 5.95. The zero-order valence-corrected chi connectivity index (χ0v) is 51.6. The standard InChI is InChI=1S/C12H20O5.C11H18O4.C10H16O4.C9H15NO3.C9H15NO2.C8H13NO2/c1-5-9(4)12(15)17-7-11(14)16-6-10(13)8(2)3;1-5-9(12)14-7-8-15-10(13)11(3,4)6-2;1-4-8(3)10(12)14-7-6-13-9(11)5-2;1-3-9(2,7-11)8(12)13-6-4-5-10;1-4-9(2,3)8(11)12-7-5-6-10;1-3-7(2)8(10)11-6-4-5-9/h9,11,14H,2,5-7H2,1,3-4H3;5H,1,6-8H2,2-4H3;5,8H,2,4,6-7H2,1,3H3;11H,3-4,6-7H2,1-2H3;4-5,7H2,1-3H3;7H,3-4,6H2,1-2H3. The molecule has 82 heavy (non-hydrogen) atoms. The van der Waals surface area contributed by atoms with E-state index in [9.17, 15) is 48.3 Å². The van der Waals surface area contributed by atoms with Gasteiger partial charge in [-0.05, 0) is 85.6 Å². The lowest BCUT2D eigenvalue weighted by atomic mass is 9.89. The first-order valence-electron chi connectivity index (χ1n) is 27.1. The summed E-state index contributed by atoms with van der Waals surface area (Å²) >= 11 is 0. The molecule has 23 heteroatoms. The minimum absolute atomic E-state index is 0.0475. The third kappa shape index (κ3) is 48.9. The summed E-state index contributed by atoms with van der Waals surface area (Å²) in [5.41, 5.74) is -1.37. The minimum atomic E-state index is -1.29. The molecule has 0 heterocycles. The third-order valence-corrected chi connectivity index (χ3v) is 11.6. The second-order valence-corrected chi connectivity index (χ2v) is 19.3. The molecule has 0 fully saturated rings. The molecule has 0 aliphatic carbocycles. The van der Waals surface area contributed by atoms with Gasteiger partial charge in [0.05, 0.1) is 78.1 Å². The average molecular weight is 1170 g/mol. The molecule has 0 rings (SSSR count). The van der Waals surface area contributed by atoms with Gasteiger partial charge in [0.2, 0.25) is 0 Å². The number of rotatable bonds is 33. The summed E-state index contributed by atoms with van der Waals surface area (Å²) in [7, 11) is 0. The smallest absolute Gasteiger partial charge is 0.330 e. The first-order chi connectivity index (χ1) is 38.3. The number of nitriles is 3. The molecule has 0 aromatic carbocycles. The molecule has 5 atom stereocenters. The molecule has 0 aromatic rings. The summed E-state index contributed by atoms with van der Waals surface area (Å²) in [6, 6.07) is 5.69. The van der Waals surface area contributed by atoms with E-state index in [1.54, 1.807) is 27.7 Å². The fourth-order valence-corrected chi connectivity index (χ4v) is 3.85. The number of nitrogens with zero attached hydrogens (tertiary/aromatic N) is 3. The van der Waals surface area contributed by atoms with Gasteiger partial charge < -0.3 is 52.8 Å². The lowest BCUT2D eigenvalue weighted by molar-refractivity contribution is -0.170. The van der Waals surface area contributed by atoms with Crippen LogP contribution in [0.5, 0.6) is 0 Å². The number of carbonyl (C=O) groups is 9. The lowest BCUT2D eigenvalue weighted by Crippen LogP contribution is -2.33. The number of aliphatic hydroxyl groups excluding tert-OH is 2. The van der Waals surface area contributed by atoms with Crippen molar-refractivity contribution in [2.75, 3.05) is 66.1 Å². The highest BCUT2D eigenvalue weighted by Crippen LogP contribution is 2.23. The van der Waals surface area contributed by atoms with Crippen LogP contribution >= 0.6 is 0 Å². The largest absolute Gasteiger partial charge is 0.464 e. The second-order valence-electron chi connectivity index (χ2n) is 19.3. The fraction of sp³-hybridized carbons (Fsp3) is 0.695. The van der Waals surface area contributed by atoms with Crippen molar-refractivity contribution in [3.63, 3.8) is 0 Å². The normalized spacial score (nSPS) is 12.2. The van der Waals surface area contributed by atoms with Gasteiger partial charge in [0.15, 0.2) is 12.1 Å². The average Bonchev–Trinajstić information content (AvgIpc) is 3.47. The van der Waals surface area contributed by atoms with E-state index in [4.69, 9.17) is 54.1 Å². The predicted octanol–water partition coefficient (Wildman–Crippen LogP) is 8.28. The van der Waals surface area contributed by atoms with Crippen molar-refractivity contribution in [2.24, 2.45) is 34.0 Å². The number of ether oxygens (including phenoxy) is 9. The van der Waals surface area contributed by atoms with Crippen molar-refractivity contribution in [1.82, 2.24) is 0 Å². The van der Waals surface area contributed by atoms with Crippen LogP contribution in [0.4, 0.5) is 0 Å². The SMILES string of the molecule is C=C(C)C(=O)COC(O)COC(=O)C(C)CC.C=CC(=O)OCCOC(=O)C(C)(C)CC.C=CC(=O)OCCOC(=O)C(C)CC.CCC(C)(C)C(=O)OCCC#N.CCC(C)(CO)C(=O)OCCC#N.CCC(C)C(=O)OCCC#N. The number of Topliss-reactive ketones (excluding diaryl/α,β-unsaturated/α-hetero) is 1. The molecule has 0 aliphatic heterocycles. The second kappa shape index (κ2) is 53.3. The monoisotopic (exact) mass is 1170 g/mol.